The molecule has 21 heavy (non-hydrogen) atoms. The van der Waals surface area contributed by atoms with Crippen LogP contribution in [0.3, 0.4) is 0 Å². The summed E-state index contributed by atoms with van der Waals surface area (Å²) in [7, 11) is 0. The van der Waals surface area contributed by atoms with E-state index >= 15 is 0 Å². The molecule has 0 bridgehead atoms. The van der Waals surface area contributed by atoms with E-state index in [4.69, 9.17) is 18.9 Å². The molecule has 9 nitrogen and oxygen atoms in total. The number of carbonyl (C=O) groups is 3. The van der Waals surface area contributed by atoms with Crippen molar-refractivity contribution in [3.8, 4) is 0 Å². The first-order chi connectivity index (χ1) is 9.72. The van der Waals surface area contributed by atoms with Crippen LogP contribution in [0.15, 0.2) is 0 Å². The van der Waals surface area contributed by atoms with Gasteiger partial charge in [-0.15, -0.1) is 0 Å². The van der Waals surface area contributed by atoms with E-state index in [0.29, 0.717) is 0 Å². The highest BCUT2D eigenvalue weighted by Crippen LogP contribution is 2.25. The average Bonchev–Trinajstić information content (AvgIpc) is 2.35. The first-order valence-corrected chi connectivity index (χ1v) is 6.21. The summed E-state index contributed by atoms with van der Waals surface area (Å²) in [5, 5.41) is 19.8. The smallest absolute Gasteiger partial charge is 0.303 e. The number of hydrogen-bond acceptors (Lipinski definition) is 9. The Morgan fingerprint density at radius 2 is 1.48 bits per heavy atom. The Hall–Kier alpha value is -1.71. The molecule has 1 rings (SSSR count). The van der Waals surface area contributed by atoms with Gasteiger partial charge in [-0.3, -0.25) is 14.4 Å². The Balaban J connectivity index is 2.86. The van der Waals surface area contributed by atoms with Crippen molar-refractivity contribution in [3.05, 3.63) is 0 Å². The third-order valence-electron chi connectivity index (χ3n) is 2.69. The molecule has 0 unspecified atom stereocenters. The molecule has 9 heteroatoms. The molecule has 1 fully saturated rings. The molecule has 1 saturated heterocycles. The topological polar surface area (TPSA) is 129 Å². The van der Waals surface area contributed by atoms with Gasteiger partial charge in [0.25, 0.3) is 0 Å². The number of rotatable bonds is 4. The van der Waals surface area contributed by atoms with E-state index in [1.165, 1.54) is 0 Å². The lowest BCUT2D eigenvalue weighted by molar-refractivity contribution is -0.293. The zero-order valence-corrected chi connectivity index (χ0v) is 11.8. The van der Waals surface area contributed by atoms with Gasteiger partial charge in [0.15, 0.2) is 18.5 Å². The third-order valence-corrected chi connectivity index (χ3v) is 2.69. The monoisotopic (exact) mass is 306 g/mol. The highest BCUT2D eigenvalue weighted by molar-refractivity contribution is 5.67. The summed E-state index contributed by atoms with van der Waals surface area (Å²) in [5.41, 5.74) is 0. The Bertz CT molecular complexity index is 406. The van der Waals surface area contributed by atoms with Crippen LogP contribution in [0.4, 0.5) is 0 Å². The van der Waals surface area contributed by atoms with Gasteiger partial charge in [-0.05, 0) is 0 Å². The number of ether oxygens (including phenoxy) is 4. The number of carbonyl (C=O) groups excluding carboxylic acids is 3. The molecular formula is C12H18O9. The Morgan fingerprint density at radius 3 is 1.95 bits per heavy atom. The van der Waals surface area contributed by atoms with Gasteiger partial charge in [-0.1, -0.05) is 0 Å². The van der Waals surface area contributed by atoms with Gasteiger partial charge in [0.2, 0.25) is 0 Å². The van der Waals surface area contributed by atoms with Gasteiger partial charge in [-0.25, -0.2) is 0 Å². The number of aliphatic hydroxyl groups excluding tert-OH is 2. The molecule has 0 aromatic rings. The van der Waals surface area contributed by atoms with E-state index in [2.05, 4.69) is 0 Å². The summed E-state index contributed by atoms with van der Waals surface area (Å²) >= 11 is 0. The van der Waals surface area contributed by atoms with Crippen LogP contribution in [-0.4, -0.2) is 65.4 Å². The largest absolute Gasteiger partial charge is 0.463 e. The first-order valence-electron chi connectivity index (χ1n) is 6.21. The second-order valence-corrected chi connectivity index (χ2v) is 4.51. The highest BCUT2D eigenvalue weighted by atomic mass is 16.7. The lowest BCUT2D eigenvalue weighted by Crippen LogP contribution is -2.61. The third kappa shape index (κ3) is 4.96. The van der Waals surface area contributed by atoms with Crippen molar-refractivity contribution >= 4 is 17.9 Å². The lowest BCUT2D eigenvalue weighted by Gasteiger charge is -2.41. The molecule has 0 aliphatic carbocycles. The summed E-state index contributed by atoms with van der Waals surface area (Å²) in [5.74, 6) is -2.07. The first kappa shape index (κ1) is 17.3. The maximum Gasteiger partial charge on any atom is 0.303 e. The Morgan fingerprint density at radius 1 is 0.952 bits per heavy atom. The summed E-state index contributed by atoms with van der Waals surface area (Å²) in [6.45, 7) is 3.03. The molecular weight excluding hydrogens is 288 g/mol. The van der Waals surface area contributed by atoms with Gasteiger partial charge in [0.05, 0.1) is 0 Å². The van der Waals surface area contributed by atoms with Crippen molar-refractivity contribution in [1.82, 2.24) is 0 Å². The molecule has 0 amide bonds. The zero-order valence-electron chi connectivity index (χ0n) is 11.8. The fourth-order valence-electron chi connectivity index (χ4n) is 1.90. The number of aliphatic hydroxyl groups is 2. The van der Waals surface area contributed by atoms with Crippen molar-refractivity contribution < 1.29 is 43.5 Å². The summed E-state index contributed by atoms with van der Waals surface area (Å²) in [6.07, 6.45) is -6.93. The van der Waals surface area contributed by atoms with E-state index in [-0.39, 0.29) is 6.61 Å². The average molecular weight is 306 g/mol. The lowest BCUT2D eigenvalue weighted by atomic mass is 9.99. The fraction of sp³-hybridized carbons (Fsp3) is 0.750. The van der Waals surface area contributed by atoms with Crippen molar-refractivity contribution in [3.63, 3.8) is 0 Å². The minimum Gasteiger partial charge on any atom is -0.463 e. The van der Waals surface area contributed by atoms with Crippen LogP contribution in [0.1, 0.15) is 20.8 Å². The molecule has 0 saturated carbocycles. The van der Waals surface area contributed by atoms with Crippen molar-refractivity contribution in [2.24, 2.45) is 0 Å². The summed E-state index contributed by atoms with van der Waals surface area (Å²) < 4.78 is 19.5. The molecule has 1 aliphatic rings. The quantitative estimate of drug-likeness (QED) is 0.470. The standard InChI is InChI=1S/C12H18O9/c1-5(13)18-4-8-10(19-6(2)14)9(16)11(12(17)21-8)20-7(3)15/h8-12,16-17H,4H2,1-3H3/t8-,9+,10-,11+,12+/m1/s1. The molecule has 1 heterocycles. The normalized spacial score (nSPS) is 32.1. The molecule has 120 valence electrons. The second-order valence-electron chi connectivity index (χ2n) is 4.51. The maximum absolute atomic E-state index is 11.1. The predicted octanol–water partition coefficient (Wildman–Crippen LogP) is -1.51. The second kappa shape index (κ2) is 7.34. The van der Waals surface area contributed by atoms with Gasteiger partial charge < -0.3 is 29.2 Å². The summed E-state index contributed by atoms with van der Waals surface area (Å²) in [4.78, 5) is 32.8. The van der Waals surface area contributed by atoms with Crippen molar-refractivity contribution in [2.45, 2.75) is 51.5 Å². The van der Waals surface area contributed by atoms with E-state index in [0.717, 1.165) is 20.8 Å². The van der Waals surface area contributed by atoms with Crippen LogP contribution in [0.25, 0.3) is 0 Å². The van der Waals surface area contributed by atoms with Crippen LogP contribution >= 0.6 is 0 Å². The van der Waals surface area contributed by atoms with Crippen LogP contribution in [0.5, 0.6) is 0 Å². The van der Waals surface area contributed by atoms with Crippen molar-refractivity contribution in [1.29, 1.82) is 0 Å². The van der Waals surface area contributed by atoms with E-state index in [9.17, 15) is 24.6 Å². The molecule has 0 aromatic heterocycles. The molecule has 0 radical (unpaired) electrons. The maximum atomic E-state index is 11.1. The predicted molar refractivity (Wildman–Crippen MR) is 64.6 cm³/mol. The van der Waals surface area contributed by atoms with Crippen LogP contribution in [-0.2, 0) is 33.3 Å². The zero-order chi connectivity index (χ0) is 16.2. The Kier molecular flexibility index (Phi) is 6.06. The SMILES string of the molecule is CC(=O)OC[C@H]1O[C@H](O)[C@@H](OC(C)=O)[C@@H](O)[C@@H]1OC(C)=O. The van der Waals surface area contributed by atoms with Gasteiger partial charge in [0, 0.05) is 20.8 Å². The van der Waals surface area contributed by atoms with Gasteiger partial charge in [-0.2, -0.15) is 0 Å². The molecule has 2 N–H and O–H groups in total. The summed E-state index contributed by atoms with van der Waals surface area (Å²) in [6, 6.07) is 0. The van der Waals surface area contributed by atoms with Gasteiger partial charge in [0.1, 0.15) is 18.8 Å². The highest BCUT2D eigenvalue weighted by Gasteiger charge is 2.48. The fourth-order valence-corrected chi connectivity index (χ4v) is 1.90. The molecule has 1 aliphatic heterocycles. The van der Waals surface area contributed by atoms with Crippen molar-refractivity contribution in [2.75, 3.05) is 6.61 Å². The minimum atomic E-state index is -1.64. The van der Waals surface area contributed by atoms with Crippen LogP contribution < -0.4 is 0 Å². The molecule has 5 atom stereocenters. The van der Waals surface area contributed by atoms with Crippen LogP contribution in [0, 0.1) is 0 Å². The molecule has 0 aromatic carbocycles. The number of hydrogen-bond donors (Lipinski definition) is 2. The van der Waals surface area contributed by atoms with E-state index in [1.54, 1.807) is 0 Å². The molecule has 0 spiro atoms. The van der Waals surface area contributed by atoms with E-state index < -0.39 is 48.6 Å². The number of esters is 3. The minimum absolute atomic E-state index is 0.339. The van der Waals surface area contributed by atoms with Gasteiger partial charge >= 0.3 is 17.9 Å². The van der Waals surface area contributed by atoms with E-state index in [1.807, 2.05) is 0 Å². The Labute approximate surface area is 120 Å². The van der Waals surface area contributed by atoms with Crippen LogP contribution in [0.2, 0.25) is 0 Å².